The van der Waals surface area contributed by atoms with Crippen LogP contribution in [0.15, 0.2) is 0 Å². The molecule has 17 heavy (non-hydrogen) atoms. The van der Waals surface area contributed by atoms with Crippen LogP contribution in [-0.4, -0.2) is 35.5 Å². The molecule has 0 aromatic carbocycles. The molecule has 2 aliphatic rings. The molecule has 1 saturated heterocycles. The smallest absolute Gasteiger partial charge is 0.289 e. The minimum absolute atomic E-state index is 0.829. The molecule has 0 aromatic heterocycles. The van der Waals surface area contributed by atoms with E-state index in [1.807, 2.05) is 0 Å². The summed E-state index contributed by atoms with van der Waals surface area (Å²) in [6.07, 6.45) is -13.7. The van der Waals surface area contributed by atoms with Crippen LogP contribution in [0, 0.1) is 5.92 Å². The van der Waals surface area contributed by atoms with Gasteiger partial charge >= 0.3 is 12.4 Å². The Morgan fingerprint density at radius 2 is 1.53 bits per heavy atom. The summed E-state index contributed by atoms with van der Waals surface area (Å²) in [6, 6.07) is -1.61. The summed E-state index contributed by atoms with van der Waals surface area (Å²) < 4.78 is 89.3. The van der Waals surface area contributed by atoms with Gasteiger partial charge in [0, 0.05) is 5.92 Å². The zero-order chi connectivity index (χ0) is 13.2. The van der Waals surface area contributed by atoms with Crippen LogP contribution in [0.3, 0.4) is 0 Å². The molecule has 1 saturated carbocycles. The van der Waals surface area contributed by atoms with E-state index in [9.17, 15) is 30.7 Å². The number of hydrogen-bond donors (Lipinski definition) is 1. The second kappa shape index (κ2) is 3.40. The van der Waals surface area contributed by atoms with Crippen molar-refractivity contribution < 1.29 is 30.7 Å². The standard InChI is InChI=1S/C8H7ClF7N/c9-4-2-1-3(10)5(4)17-6(2,7(11,12)13)8(14,15)16/h2-5,17H,1H2/t2-,3-,4+,5-/m0/s1. The molecule has 1 heterocycles. The summed E-state index contributed by atoms with van der Waals surface area (Å²) in [4.78, 5) is 0. The maximum Gasteiger partial charge on any atom is 0.415 e. The zero-order valence-electron chi connectivity index (χ0n) is 8.04. The highest BCUT2D eigenvalue weighted by Gasteiger charge is 2.81. The summed E-state index contributed by atoms with van der Waals surface area (Å²) >= 11 is 5.46. The molecule has 9 heteroatoms. The van der Waals surface area contributed by atoms with Crippen molar-refractivity contribution in [2.45, 2.75) is 41.9 Å². The minimum Gasteiger partial charge on any atom is -0.289 e. The second-order valence-electron chi connectivity index (χ2n) is 4.28. The Bertz CT molecular complexity index is 311. The van der Waals surface area contributed by atoms with Gasteiger partial charge in [-0.15, -0.1) is 11.6 Å². The topological polar surface area (TPSA) is 12.0 Å². The Labute approximate surface area is 96.3 Å². The number of fused-ring (bicyclic) bond motifs is 2. The van der Waals surface area contributed by atoms with Crippen molar-refractivity contribution in [2.24, 2.45) is 5.92 Å². The summed E-state index contributed by atoms with van der Waals surface area (Å²) in [5, 5.41) is -0.180. The van der Waals surface area contributed by atoms with Crippen LogP contribution in [0.25, 0.3) is 0 Å². The third-order valence-corrected chi connectivity index (χ3v) is 4.02. The fourth-order valence-electron chi connectivity index (χ4n) is 2.67. The molecule has 2 bridgehead atoms. The molecule has 1 nitrogen and oxygen atoms in total. The quantitative estimate of drug-likeness (QED) is 0.533. The van der Waals surface area contributed by atoms with Gasteiger partial charge in [-0.3, -0.25) is 5.32 Å². The van der Waals surface area contributed by atoms with Gasteiger partial charge in [-0.1, -0.05) is 0 Å². The Kier molecular flexibility index (Phi) is 2.64. The molecule has 1 aliphatic heterocycles. The number of halogens is 8. The molecule has 1 aliphatic carbocycles. The van der Waals surface area contributed by atoms with Crippen LogP contribution in [0.5, 0.6) is 0 Å². The number of alkyl halides is 8. The van der Waals surface area contributed by atoms with Gasteiger partial charge in [0.15, 0.2) is 0 Å². The van der Waals surface area contributed by atoms with E-state index >= 15 is 0 Å². The SMILES string of the molecule is F[C@H]1C[C@H]2[C@@H](Cl)[C@H]1NC2(C(F)(F)F)C(F)(F)F. The monoisotopic (exact) mass is 285 g/mol. The largest absolute Gasteiger partial charge is 0.415 e. The molecular formula is C8H7ClF7N. The molecule has 100 valence electrons. The lowest BCUT2D eigenvalue weighted by atomic mass is 9.82. The fourth-order valence-corrected chi connectivity index (χ4v) is 3.18. The summed E-state index contributed by atoms with van der Waals surface area (Å²) in [7, 11) is 0. The van der Waals surface area contributed by atoms with Gasteiger partial charge in [-0.25, -0.2) is 4.39 Å². The van der Waals surface area contributed by atoms with Gasteiger partial charge in [-0.2, -0.15) is 26.3 Å². The number of rotatable bonds is 0. The molecule has 0 aromatic rings. The van der Waals surface area contributed by atoms with Crippen LogP contribution >= 0.6 is 11.6 Å². The van der Waals surface area contributed by atoms with Gasteiger partial charge in [0.25, 0.3) is 0 Å². The van der Waals surface area contributed by atoms with E-state index in [0.717, 1.165) is 0 Å². The van der Waals surface area contributed by atoms with Gasteiger partial charge in [0.1, 0.15) is 6.17 Å². The predicted octanol–water partition coefficient (Wildman–Crippen LogP) is 2.79. The van der Waals surface area contributed by atoms with Gasteiger partial charge in [0.05, 0.1) is 11.4 Å². The van der Waals surface area contributed by atoms with Crippen molar-refractivity contribution >= 4 is 11.6 Å². The average molecular weight is 286 g/mol. The van der Waals surface area contributed by atoms with E-state index in [1.54, 1.807) is 0 Å². The Balaban J connectivity index is 2.48. The van der Waals surface area contributed by atoms with E-state index in [4.69, 9.17) is 11.6 Å². The van der Waals surface area contributed by atoms with E-state index < -0.39 is 47.8 Å². The van der Waals surface area contributed by atoms with E-state index in [0.29, 0.717) is 0 Å². The first-order valence-electron chi connectivity index (χ1n) is 4.71. The molecule has 0 amide bonds. The molecule has 4 atom stereocenters. The number of hydrogen-bond acceptors (Lipinski definition) is 1. The first kappa shape index (κ1) is 13.2. The van der Waals surface area contributed by atoms with Crippen molar-refractivity contribution in [3.8, 4) is 0 Å². The lowest BCUT2D eigenvalue weighted by Crippen LogP contribution is -2.70. The Hall–Kier alpha value is -0.240. The Morgan fingerprint density at radius 1 is 1.06 bits per heavy atom. The highest BCUT2D eigenvalue weighted by Crippen LogP contribution is 2.58. The predicted molar refractivity (Wildman–Crippen MR) is 44.4 cm³/mol. The second-order valence-corrected chi connectivity index (χ2v) is 4.78. The van der Waals surface area contributed by atoms with Gasteiger partial charge in [-0.05, 0) is 6.42 Å². The third-order valence-electron chi connectivity index (χ3n) is 3.44. The van der Waals surface area contributed by atoms with Crippen LogP contribution in [-0.2, 0) is 0 Å². The van der Waals surface area contributed by atoms with E-state index in [-0.39, 0.29) is 0 Å². The van der Waals surface area contributed by atoms with Crippen LogP contribution in [0.1, 0.15) is 6.42 Å². The molecule has 0 spiro atoms. The lowest BCUT2D eigenvalue weighted by molar-refractivity contribution is -0.320. The van der Waals surface area contributed by atoms with Crippen LogP contribution < -0.4 is 5.32 Å². The zero-order valence-corrected chi connectivity index (χ0v) is 8.80. The minimum atomic E-state index is -5.56. The molecule has 2 rings (SSSR count). The maximum absolute atomic E-state index is 13.1. The Morgan fingerprint density at radius 3 is 1.76 bits per heavy atom. The first-order chi connectivity index (χ1) is 7.52. The molecule has 2 fully saturated rings. The van der Waals surface area contributed by atoms with Crippen molar-refractivity contribution in [3.05, 3.63) is 0 Å². The van der Waals surface area contributed by atoms with Crippen molar-refractivity contribution in [3.63, 3.8) is 0 Å². The van der Waals surface area contributed by atoms with Crippen molar-refractivity contribution in [1.82, 2.24) is 5.32 Å². The third kappa shape index (κ3) is 1.49. The van der Waals surface area contributed by atoms with Gasteiger partial charge in [0.2, 0.25) is 5.54 Å². The van der Waals surface area contributed by atoms with Crippen molar-refractivity contribution in [2.75, 3.05) is 0 Å². The molecule has 1 N–H and O–H groups in total. The summed E-state index contributed by atoms with van der Waals surface area (Å²) in [5.41, 5.74) is -4.08. The first-order valence-corrected chi connectivity index (χ1v) is 5.15. The summed E-state index contributed by atoms with van der Waals surface area (Å²) in [5.74, 6) is -2.02. The summed E-state index contributed by atoms with van der Waals surface area (Å²) in [6.45, 7) is 0. The highest BCUT2D eigenvalue weighted by atomic mass is 35.5. The van der Waals surface area contributed by atoms with E-state index in [1.165, 1.54) is 5.32 Å². The van der Waals surface area contributed by atoms with E-state index in [2.05, 4.69) is 0 Å². The van der Waals surface area contributed by atoms with Crippen LogP contribution in [0.2, 0.25) is 0 Å². The normalized spacial score (nSPS) is 40.9. The van der Waals surface area contributed by atoms with Crippen molar-refractivity contribution in [1.29, 1.82) is 0 Å². The molecular weight excluding hydrogens is 279 g/mol. The number of nitrogens with one attached hydrogen (secondary N) is 1. The maximum atomic E-state index is 13.1. The molecule has 0 radical (unpaired) electrons. The fraction of sp³-hybridized carbons (Fsp3) is 1.00. The highest BCUT2D eigenvalue weighted by molar-refractivity contribution is 6.22. The molecule has 0 unspecified atom stereocenters. The number of piperidine rings is 1. The van der Waals surface area contributed by atoms with Crippen LogP contribution in [0.4, 0.5) is 30.7 Å². The average Bonchev–Trinajstić information content (AvgIpc) is 2.53. The van der Waals surface area contributed by atoms with Gasteiger partial charge < -0.3 is 0 Å². The lowest BCUT2D eigenvalue weighted by Gasteiger charge is -2.41.